The molecule has 0 aliphatic heterocycles. The molecule has 0 unspecified atom stereocenters. The Morgan fingerprint density at radius 1 is 1.07 bits per heavy atom. The Bertz CT molecular complexity index is 919. The maximum atomic E-state index is 13.0. The quantitative estimate of drug-likeness (QED) is 0.708. The Morgan fingerprint density at radius 2 is 1.57 bits per heavy atom. The summed E-state index contributed by atoms with van der Waals surface area (Å²) in [4.78, 5) is 36.6. The zero-order valence-corrected chi connectivity index (χ0v) is 17.1. The van der Waals surface area contributed by atoms with Crippen LogP contribution in [-0.2, 0) is 14.3 Å². The molecule has 0 saturated carbocycles. The van der Waals surface area contributed by atoms with E-state index in [2.05, 4.69) is 0 Å². The van der Waals surface area contributed by atoms with Gasteiger partial charge < -0.3 is 19.7 Å². The minimum absolute atomic E-state index is 0.00294. The fourth-order valence-electron chi connectivity index (χ4n) is 3.95. The van der Waals surface area contributed by atoms with Crippen molar-refractivity contribution in [2.24, 2.45) is 0 Å². The Hall–Kier alpha value is -3.19. The highest BCUT2D eigenvalue weighted by Gasteiger charge is 2.43. The molecule has 2 atom stereocenters. The maximum Gasteiger partial charge on any atom is 0.411 e. The third kappa shape index (κ3) is 3.93. The van der Waals surface area contributed by atoms with Crippen LogP contribution in [0.1, 0.15) is 37.8 Å². The molecule has 0 aromatic heterocycles. The number of ether oxygens (including phenoxy) is 1. The number of aliphatic hydroxyl groups is 1. The van der Waals surface area contributed by atoms with Crippen LogP contribution >= 0.6 is 0 Å². The van der Waals surface area contributed by atoms with Gasteiger partial charge in [-0.05, 0) is 43.0 Å². The summed E-state index contributed by atoms with van der Waals surface area (Å²) in [7, 11) is 0. The SMILES string of the molecule is CC(C)(C)N(C(=O)OCC1c2ccccc2-c2ccccc21)[C@H](C(=O)O)[C@H](O)C=O. The Labute approximate surface area is 174 Å². The van der Waals surface area contributed by atoms with E-state index in [0.29, 0.717) is 0 Å². The lowest BCUT2D eigenvalue weighted by Gasteiger charge is -2.39. The summed E-state index contributed by atoms with van der Waals surface area (Å²) in [5.74, 6) is -1.68. The molecule has 0 saturated heterocycles. The van der Waals surface area contributed by atoms with Crippen LogP contribution in [0.25, 0.3) is 11.1 Å². The molecule has 0 heterocycles. The van der Waals surface area contributed by atoms with Crippen molar-refractivity contribution >= 4 is 18.3 Å². The summed E-state index contributed by atoms with van der Waals surface area (Å²) >= 11 is 0. The summed E-state index contributed by atoms with van der Waals surface area (Å²) in [5, 5.41) is 19.4. The van der Waals surface area contributed by atoms with Crippen LogP contribution in [0, 0.1) is 0 Å². The first-order valence-corrected chi connectivity index (χ1v) is 9.67. The topological polar surface area (TPSA) is 104 Å². The second-order valence-corrected chi connectivity index (χ2v) is 8.25. The minimum Gasteiger partial charge on any atom is -0.480 e. The average Bonchev–Trinajstić information content (AvgIpc) is 3.02. The van der Waals surface area contributed by atoms with Crippen LogP contribution in [0.4, 0.5) is 4.79 Å². The van der Waals surface area contributed by atoms with Crippen LogP contribution in [-0.4, -0.2) is 57.8 Å². The highest BCUT2D eigenvalue weighted by atomic mass is 16.6. The molecule has 0 bridgehead atoms. The van der Waals surface area contributed by atoms with E-state index in [0.717, 1.165) is 27.2 Å². The first-order chi connectivity index (χ1) is 14.2. The van der Waals surface area contributed by atoms with E-state index >= 15 is 0 Å². The standard InChI is InChI=1S/C23H25NO6/c1-23(2,3)24(20(21(27)28)19(26)12-25)22(29)30-13-18-16-10-6-4-8-14(16)15-9-5-7-11-17(15)18/h4-12,18-20,26H,13H2,1-3H3,(H,27,28)/t19-,20+/m1/s1. The number of nitrogens with zero attached hydrogens (tertiary/aromatic N) is 1. The van der Waals surface area contributed by atoms with Gasteiger partial charge in [-0.15, -0.1) is 0 Å². The number of carbonyl (C=O) groups is 3. The highest BCUT2D eigenvalue weighted by Crippen LogP contribution is 2.44. The minimum atomic E-state index is -1.87. The molecule has 30 heavy (non-hydrogen) atoms. The van der Waals surface area contributed by atoms with E-state index in [1.807, 2.05) is 48.5 Å². The molecule has 7 heteroatoms. The molecule has 158 valence electrons. The van der Waals surface area contributed by atoms with Crippen LogP contribution in [0.5, 0.6) is 0 Å². The maximum absolute atomic E-state index is 13.0. The highest BCUT2D eigenvalue weighted by molar-refractivity contribution is 5.85. The molecule has 1 amide bonds. The van der Waals surface area contributed by atoms with Gasteiger partial charge in [0.25, 0.3) is 0 Å². The number of hydrogen-bond acceptors (Lipinski definition) is 5. The smallest absolute Gasteiger partial charge is 0.411 e. The van der Waals surface area contributed by atoms with Crippen molar-refractivity contribution in [2.45, 2.75) is 44.4 Å². The Morgan fingerprint density at radius 3 is 2.00 bits per heavy atom. The van der Waals surface area contributed by atoms with Crippen LogP contribution in [0.15, 0.2) is 48.5 Å². The fraction of sp³-hybridized carbons (Fsp3) is 0.348. The zero-order valence-electron chi connectivity index (χ0n) is 17.1. The molecule has 0 spiro atoms. The van der Waals surface area contributed by atoms with Crippen molar-refractivity contribution < 1.29 is 29.3 Å². The molecular formula is C23H25NO6. The monoisotopic (exact) mass is 411 g/mol. The number of carbonyl (C=O) groups excluding carboxylic acids is 2. The van der Waals surface area contributed by atoms with Crippen molar-refractivity contribution in [1.29, 1.82) is 0 Å². The van der Waals surface area contributed by atoms with Crippen molar-refractivity contribution in [1.82, 2.24) is 4.90 Å². The second kappa shape index (κ2) is 8.28. The van der Waals surface area contributed by atoms with Gasteiger partial charge >= 0.3 is 12.1 Å². The number of amides is 1. The Balaban J connectivity index is 1.87. The number of carboxylic acid groups (broad SMARTS) is 1. The zero-order chi connectivity index (χ0) is 22.1. The van der Waals surface area contributed by atoms with Crippen LogP contribution < -0.4 is 0 Å². The molecular weight excluding hydrogens is 386 g/mol. The Kier molecular flexibility index (Phi) is 5.94. The van der Waals surface area contributed by atoms with Crippen molar-refractivity contribution in [3.05, 3.63) is 59.7 Å². The molecule has 0 radical (unpaired) electrons. The van der Waals surface area contributed by atoms with E-state index < -0.39 is 29.7 Å². The number of fused-ring (bicyclic) bond motifs is 3. The second-order valence-electron chi connectivity index (χ2n) is 8.25. The van der Waals surface area contributed by atoms with E-state index in [-0.39, 0.29) is 18.8 Å². The van der Waals surface area contributed by atoms with E-state index in [9.17, 15) is 24.6 Å². The molecule has 2 aromatic carbocycles. The molecule has 2 aromatic rings. The third-order valence-electron chi connectivity index (χ3n) is 5.25. The van der Waals surface area contributed by atoms with Gasteiger partial charge in [0.05, 0.1) is 0 Å². The first kappa shape index (κ1) is 21.5. The number of benzene rings is 2. The third-order valence-corrected chi connectivity index (χ3v) is 5.25. The van der Waals surface area contributed by atoms with Gasteiger partial charge in [0, 0.05) is 11.5 Å². The van der Waals surface area contributed by atoms with Gasteiger partial charge in [-0.1, -0.05) is 48.5 Å². The lowest BCUT2D eigenvalue weighted by Crippen LogP contribution is -2.59. The largest absolute Gasteiger partial charge is 0.480 e. The van der Waals surface area contributed by atoms with Crippen molar-refractivity contribution in [3.8, 4) is 11.1 Å². The lowest BCUT2D eigenvalue weighted by molar-refractivity contribution is -0.151. The number of rotatable bonds is 6. The van der Waals surface area contributed by atoms with Gasteiger partial charge in [-0.2, -0.15) is 0 Å². The number of aliphatic hydroxyl groups excluding tert-OH is 1. The van der Waals surface area contributed by atoms with Crippen LogP contribution in [0.3, 0.4) is 0 Å². The molecule has 1 aliphatic carbocycles. The summed E-state index contributed by atoms with van der Waals surface area (Å²) in [6.45, 7) is 4.84. The predicted molar refractivity (Wildman–Crippen MR) is 110 cm³/mol. The summed E-state index contributed by atoms with van der Waals surface area (Å²) in [5.41, 5.74) is 3.19. The molecule has 1 aliphatic rings. The van der Waals surface area contributed by atoms with E-state index in [1.54, 1.807) is 20.8 Å². The fourth-order valence-corrected chi connectivity index (χ4v) is 3.95. The van der Waals surface area contributed by atoms with E-state index in [4.69, 9.17) is 4.74 Å². The van der Waals surface area contributed by atoms with Gasteiger partial charge in [0.15, 0.2) is 12.3 Å². The summed E-state index contributed by atoms with van der Waals surface area (Å²) < 4.78 is 5.55. The van der Waals surface area contributed by atoms with Gasteiger partial charge in [-0.25, -0.2) is 9.59 Å². The summed E-state index contributed by atoms with van der Waals surface area (Å²) in [6.07, 6.45) is -2.67. The first-order valence-electron chi connectivity index (χ1n) is 9.67. The van der Waals surface area contributed by atoms with E-state index in [1.165, 1.54) is 0 Å². The lowest BCUT2D eigenvalue weighted by atomic mass is 9.98. The van der Waals surface area contributed by atoms with Crippen molar-refractivity contribution in [3.63, 3.8) is 0 Å². The molecule has 0 fully saturated rings. The number of aliphatic carboxylic acids is 1. The summed E-state index contributed by atoms with van der Waals surface area (Å²) in [6, 6.07) is 14.0. The van der Waals surface area contributed by atoms with Crippen molar-refractivity contribution in [2.75, 3.05) is 6.61 Å². The number of hydrogen-bond donors (Lipinski definition) is 2. The number of carboxylic acids is 1. The normalized spacial score (nSPS) is 14.9. The van der Waals surface area contributed by atoms with Crippen LogP contribution in [0.2, 0.25) is 0 Å². The van der Waals surface area contributed by atoms with Gasteiger partial charge in [0.1, 0.15) is 12.7 Å². The number of aldehydes is 1. The predicted octanol–water partition coefficient (Wildman–Crippen LogP) is 3.05. The average molecular weight is 411 g/mol. The molecule has 2 N–H and O–H groups in total. The van der Waals surface area contributed by atoms with Gasteiger partial charge in [0.2, 0.25) is 0 Å². The molecule has 7 nitrogen and oxygen atoms in total. The van der Waals surface area contributed by atoms with Gasteiger partial charge in [-0.3, -0.25) is 4.90 Å². The molecule has 3 rings (SSSR count).